The predicted molar refractivity (Wildman–Crippen MR) is 114 cm³/mol. The first-order valence-corrected chi connectivity index (χ1v) is 10.5. The molecule has 5 nitrogen and oxygen atoms in total. The van der Waals surface area contributed by atoms with Gasteiger partial charge in [-0.3, -0.25) is 0 Å². The first-order valence-electron chi connectivity index (χ1n) is 8.87. The van der Waals surface area contributed by atoms with Crippen LogP contribution in [-0.2, 0) is 17.7 Å². The molecule has 0 aliphatic carbocycles. The Morgan fingerprint density at radius 3 is 2.43 bits per heavy atom. The Hall–Kier alpha value is -2.29. The minimum absolute atomic E-state index is 0.169. The van der Waals surface area contributed by atoms with E-state index >= 15 is 0 Å². The first-order chi connectivity index (χ1) is 14.3. The molecule has 0 fully saturated rings. The van der Waals surface area contributed by atoms with Crippen LogP contribution < -0.4 is 0 Å². The quantitative estimate of drug-likeness (QED) is 0.437. The molecule has 0 spiro atoms. The maximum absolute atomic E-state index is 13.7. The Kier molecular flexibility index (Phi) is 5.65. The minimum Gasteiger partial charge on any atom is -0.379 e. The third-order valence-corrected chi connectivity index (χ3v) is 6.50. The number of rotatable bonds is 6. The minimum atomic E-state index is -2.01. The molecular weight excluding hydrogens is 448 g/mol. The van der Waals surface area contributed by atoms with Crippen molar-refractivity contribution in [2.24, 2.45) is 0 Å². The molecule has 2 heterocycles. The molecule has 0 saturated carbocycles. The van der Waals surface area contributed by atoms with E-state index in [9.17, 15) is 14.6 Å². The summed E-state index contributed by atoms with van der Waals surface area (Å²) in [6.07, 6.45) is 2.75. The molecule has 9 heteroatoms. The van der Waals surface area contributed by atoms with Crippen LogP contribution in [0.1, 0.15) is 16.0 Å². The van der Waals surface area contributed by atoms with E-state index in [0.717, 1.165) is 0 Å². The number of aromatic nitrogens is 3. The fourth-order valence-electron chi connectivity index (χ4n) is 3.53. The van der Waals surface area contributed by atoms with Crippen molar-refractivity contribution in [3.05, 3.63) is 104 Å². The zero-order valence-corrected chi connectivity index (χ0v) is 17.7. The molecule has 0 aliphatic heterocycles. The van der Waals surface area contributed by atoms with Crippen LogP contribution in [0.15, 0.2) is 72.6 Å². The zero-order chi connectivity index (χ0) is 21.4. The van der Waals surface area contributed by atoms with Crippen LogP contribution in [0.5, 0.6) is 0 Å². The molecule has 0 bridgehead atoms. The van der Waals surface area contributed by atoms with E-state index in [-0.39, 0.29) is 17.1 Å². The van der Waals surface area contributed by atoms with Gasteiger partial charge < -0.3 is 10.2 Å². The summed E-state index contributed by atoms with van der Waals surface area (Å²) in [5, 5.41) is 30.8. The number of aliphatic hydroxyl groups is 2. The maximum atomic E-state index is 13.7. The molecule has 4 aromatic rings. The summed E-state index contributed by atoms with van der Waals surface area (Å²) in [4.78, 5) is 4.37. The summed E-state index contributed by atoms with van der Waals surface area (Å²) in [6, 6.07) is 13.4. The van der Waals surface area contributed by atoms with Crippen molar-refractivity contribution in [1.82, 2.24) is 14.8 Å². The number of hydrogen-bond acceptors (Lipinski definition) is 5. The lowest BCUT2D eigenvalue weighted by atomic mass is 9.72. The van der Waals surface area contributed by atoms with E-state index in [1.807, 2.05) is 0 Å². The van der Waals surface area contributed by atoms with Crippen molar-refractivity contribution >= 4 is 34.5 Å². The van der Waals surface area contributed by atoms with E-state index in [2.05, 4.69) is 10.1 Å². The summed E-state index contributed by atoms with van der Waals surface area (Å²) >= 11 is 13.8. The highest BCUT2D eigenvalue weighted by Gasteiger charge is 2.55. The van der Waals surface area contributed by atoms with Gasteiger partial charge in [-0.15, -0.1) is 11.3 Å². The third-order valence-electron chi connectivity index (χ3n) is 4.97. The van der Waals surface area contributed by atoms with Crippen molar-refractivity contribution in [2.75, 3.05) is 0 Å². The zero-order valence-electron chi connectivity index (χ0n) is 15.4. The highest BCUT2D eigenvalue weighted by Crippen LogP contribution is 2.50. The van der Waals surface area contributed by atoms with Crippen molar-refractivity contribution in [1.29, 1.82) is 0 Å². The SMILES string of the molecule is O[C@](c1ccc(F)cc1)(c1cccs1)[C@](O)(Cn1cncn1)c1ccc(Cl)cc1Cl. The molecule has 4 rings (SSSR count). The van der Waals surface area contributed by atoms with Crippen molar-refractivity contribution < 1.29 is 14.6 Å². The standard InChI is InChI=1S/C21H16Cl2FN3O2S/c22-15-5-8-17(18(23)10-15)20(28,11-27-13-25-12-26-27)21(29,19-2-1-9-30-19)14-3-6-16(24)7-4-14/h1-10,12-13,28-29H,11H2/t20-,21+/m0/s1. The highest BCUT2D eigenvalue weighted by molar-refractivity contribution is 7.10. The van der Waals surface area contributed by atoms with Crippen LogP contribution >= 0.6 is 34.5 Å². The molecule has 2 aromatic carbocycles. The Morgan fingerprint density at radius 1 is 1.07 bits per heavy atom. The van der Waals surface area contributed by atoms with Gasteiger partial charge in [-0.2, -0.15) is 5.10 Å². The summed E-state index contributed by atoms with van der Waals surface area (Å²) in [5.41, 5.74) is -3.46. The van der Waals surface area contributed by atoms with Gasteiger partial charge in [-0.25, -0.2) is 14.1 Å². The van der Waals surface area contributed by atoms with Gasteiger partial charge in [0.1, 0.15) is 24.1 Å². The van der Waals surface area contributed by atoms with Gasteiger partial charge in [0.15, 0.2) is 5.60 Å². The molecular formula is C21H16Cl2FN3O2S. The molecule has 2 atom stereocenters. The Bertz CT molecular complexity index is 1140. The molecule has 0 radical (unpaired) electrons. The van der Waals surface area contributed by atoms with Crippen molar-refractivity contribution in [3.8, 4) is 0 Å². The fourth-order valence-corrected chi connectivity index (χ4v) is 5.01. The normalized spacial score (nSPS) is 15.5. The van der Waals surface area contributed by atoms with Crippen LogP contribution in [0.2, 0.25) is 10.0 Å². The Balaban J connectivity index is 2.01. The fraction of sp³-hybridized carbons (Fsp3) is 0.143. The molecule has 30 heavy (non-hydrogen) atoms. The molecule has 154 valence electrons. The first kappa shape index (κ1) is 21.0. The molecule has 0 aliphatic rings. The van der Waals surface area contributed by atoms with Gasteiger partial charge in [0.2, 0.25) is 0 Å². The highest BCUT2D eigenvalue weighted by atomic mass is 35.5. The lowest BCUT2D eigenvalue weighted by Gasteiger charge is -2.44. The Morgan fingerprint density at radius 2 is 1.83 bits per heavy atom. The van der Waals surface area contributed by atoms with Gasteiger partial charge in [0.25, 0.3) is 0 Å². The van der Waals surface area contributed by atoms with Gasteiger partial charge in [-0.1, -0.05) is 47.5 Å². The van der Waals surface area contributed by atoms with Gasteiger partial charge in [-0.05, 0) is 41.3 Å². The van der Waals surface area contributed by atoms with Crippen molar-refractivity contribution in [2.45, 2.75) is 17.7 Å². The molecule has 2 aromatic heterocycles. The molecule has 2 N–H and O–H groups in total. The van der Waals surface area contributed by atoms with E-state index in [1.54, 1.807) is 29.6 Å². The number of hydrogen-bond donors (Lipinski definition) is 2. The van der Waals surface area contributed by atoms with Gasteiger partial charge in [0, 0.05) is 20.5 Å². The summed E-state index contributed by atoms with van der Waals surface area (Å²) < 4.78 is 15.0. The van der Waals surface area contributed by atoms with Crippen LogP contribution in [-0.4, -0.2) is 25.0 Å². The second-order valence-corrected chi connectivity index (χ2v) is 8.56. The number of nitrogens with zero attached hydrogens (tertiary/aromatic N) is 3. The summed E-state index contributed by atoms with van der Waals surface area (Å²) in [7, 11) is 0. The van der Waals surface area contributed by atoms with Crippen LogP contribution in [0.4, 0.5) is 4.39 Å². The topological polar surface area (TPSA) is 71.2 Å². The molecule has 0 saturated heterocycles. The second kappa shape index (κ2) is 8.09. The third kappa shape index (κ3) is 3.53. The van der Waals surface area contributed by atoms with Crippen LogP contribution in [0.3, 0.4) is 0 Å². The number of benzene rings is 2. The monoisotopic (exact) mass is 463 g/mol. The lowest BCUT2D eigenvalue weighted by molar-refractivity contribution is -0.149. The summed E-state index contributed by atoms with van der Waals surface area (Å²) in [5.74, 6) is -0.461. The van der Waals surface area contributed by atoms with Gasteiger partial charge in [0.05, 0.1) is 6.54 Å². The average molecular weight is 464 g/mol. The van der Waals surface area contributed by atoms with E-state index < -0.39 is 17.0 Å². The van der Waals surface area contributed by atoms with E-state index in [4.69, 9.17) is 23.2 Å². The van der Waals surface area contributed by atoms with Crippen molar-refractivity contribution in [3.63, 3.8) is 0 Å². The molecule has 0 amide bonds. The smallest absolute Gasteiger partial charge is 0.158 e. The van der Waals surface area contributed by atoms with E-state index in [1.165, 1.54) is 59.0 Å². The molecule has 0 unspecified atom stereocenters. The Labute approximate surface area is 186 Å². The maximum Gasteiger partial charge on any atom is 0.158 e. The second-order valence-electron chi connectivity index (χ2n) is 6.77. The summed E-state index contributed by atoms with van der Waals surface area (Å²) in [6.45, 7) is -0.180. The average Bonchev–Trinajstić information content (AvgIpc) is 3.42. The van der Waals surface area contributed by atoms with E-state index in [0.29, 0.717) is 15.5 Å². The lowest BCUT2D eigenvalue weighted by Crippen LogP contribution is -2.52. The number of halogens is 3. The van der Waals surface area contributed by atoms with Gasteiger partial charge >= 0.3 is 0 Å². The largest absolute Gasteiger partial charge is 0.379 e. The van der Waals surface area contributed by atoms with Crippen LogP contribution in [0.25, 0.3) is 0 Å². The number of thiophene rings is 1. The predicted octanol–water partition coefficient (Wildman–Crippen LogP) is 4.61. The van der Waals surface area contributed by atoms with Crippen LogP contribution in [0, 0.1) is 5.82 Å².